The smallest absolute Gasteiger partial charge is 0.232 e. The van der Waals surface area contributed by atoms with Crippen LogP contribution in [0.15, 0.2) is 39.7 Å². The summed E-state index contributed by atoms with van der Waals surface area (Å²) < 4.78 is 11.9. The van der Waals surface area contributed by atoms with Crippen LogP contribution in [0.4, 0.5) is 0 Å². The van der Waals surface area contributed by atoms with Gasteiger partial charge in [0.2, 0.25) is 5.88 Å². The van der Waals surface area contributed by atoms with E-state index >= 15 is 0 Å². The number of nitrogens with zero attached hydrogens (tertiary/aromatic N) is 3. The van der Waals surface area contributed by atoms with Crippen molar-refractivity contribution in [3.8, 4) is 17.1 Å². The molecular formula is C17H14BrCl2N3O2. The first-order valence-corrected chi connectivity index (χ1v) is 9.05. The molecule has 0 spiro atoms. The number of rotatable bonds is 5. The van der Waals surface area contributed by atoms with Crippen LogP contribution in [0.3, 0.4) is 0 Å². The van der Waals surface area contributed by atoms with Gasteiger partial charge in [-0.25, -0.2) is 9.97 Å². The van der Waals surface area contributed by atoms with Crippen LogP contribution < -0.4 is 4.74 Å². The van der Waals surface area contributed by atoms with Gasteiger partial charge in [0, 0.05) is 11.5 Å². The Morgan fingerprint density at radius 1 is 1.16 bits per heavy atom. The third-order valence-electron chi connectivity index (χ3n) is 3.50. The highest BCUT2D eigenvalue weighted by Crippen LogP contribution is 2.38. The Morgan fingerprint density at radius 3 is 2.48 bits per heavy atom. The molecule has 3 aromatic rings. The highest BCUT2D eigenvalue weighted by molar-refractivity contribution is 9.10. The third kappa shape index (κ3) is 3.97. The zero-order valence-electron chi connectivity index (χ0n) is 13.5. The molecule has 0 N–H and O–H groups in total. The molecule has 2 heterocycles. The maximum Gasteiger partial charge on any atom is 0.232 e. The number of halogens is 3. The molecule has 0 aliphatic rings. The van der Waals surface area contributed by atoms with Gasteiger partial charge in [-0.15, -0.1) is 0 Å². The van der Waals surface area contributed by atoms with Gasteiger partial charge in [0.05, 0.1) is 28.0 Å². The Balaban J connectivity index is 1.99. The van der Waals surface area contributed by atoms with Crippen molar-refractivity contribution in [3.05, 3.63) is 56.6 Å². The lowest BCUT2D eigenvalue weighted by Crippen LogP contribution is -2.02. The molecule has 3 rings (SSSR count). The lowest BCUT2D eigenvalue weighted by molar-refractivity contribution is 0.286. The average Bonchev–Trinajstić information content (AvgIpc) is 2.98. The summed E-state index contributed by atoms with van der Waals surface area (Å²) in [4.78, 5) is 8.25. The summed E-state index contributed by atoms with van der Waals surface area (Å²) >= 11 is 15.9. The molecule has 1 aromatic carbocycles. The van der Waals surface area contributed by atoms with E-state index in [4.69, 9.17) is 32.5 Å². The van der Waals surface area contributed by atoms with Crippen molar-refractivity contribution in [1.29, 1.82) is 0 Å². The standard InChI is InChI=1S/C17H14BrCl2N3O2/c1-9(2)17-10(8-24-14-7-21-13(18)6-22-14)16(23-25-17)15-11(19)4-3-5-12(15)20/h3-7,9H,8H2,1-2H3. The predicted molar refractivity (Wildman–Crippen MR) is 100 cm³/mol. The van der Waals surface area contributed by atoms with Crippen LogP contribution in [0.2, 0.25) is 10.0 Å². The van der Waals surface area contributed by atoms with Gasteiger partial charge in [0.25, 0.3) is 0 Å². The minimum absolute atomic E-state index is 0.122. The minimum atomic E-state index is 0.122. The van der Waals surface area contributed by atoms with Crippen molar-refractivity contribution >= 4 is 39.1 Å². The van der Waals surface area contributed by atoms with E-state index < -0.39 is 0 Å². The molecular weight excluding hydrogens is 429 g/mol. The number of hydrogen-bond acceptors (Lipinski definition) is 5. The first-order chi connectivity index (χ1) is 12.0. The highest BCUT2D eigenvalue weighted by Gasteiger charge is 2.23. The Kier molecular flexibility index (Phi) is 5.61. The van der Waals surface area contributed by atoms with Crippen LogP contribution in [0, 0.1) is 0 Å². The fourth-order valence-corrected chi connectivity index (χ4v) is 3.14. The van der Waals surface area contributed by atoms with Crippen molar-refractivity contribution in [2.24, 2.45) is 0 Å². The SMILES string of the molecule is CC(C)c1onc(-c2c(Cl)cccc2Cl)c1COc1cnc(Br)cn1. The van der Waals surface area contributed by atoms with E-state index in [0.29, 0.717) is 31.8 Å². The monoisotopic (exact) mass is 441 g/mol. The zero-order valence-corrected chi connectivity index (χ0v) is 16.6. The molecule has 0 aliphatic carbocycles. The van der Waals surface area contributed by atoms with Gasteiger partial charge in [0.15, 0.2) is 0 Å². The van der Waals surface area contributed by atoms with Gasteiger partial charge in [-0.05, 0) is 28.1 Å². The number of aromatic nitrogens is 3. The van der Waals surface area contributed by atoms with Crippen molar-refractivity contribution < 1.29 is 9.26 Å². The summed E-state index contributed by atoms with van der Waals surface area (Å²) in [5, 5.41) is 5.19. The summed E-state index contributed by atoms with van der Waals surface area (Å²) in [5.74, 6) is 1.24. The fraction of sp³-hybridized carbons (Fsp3) is 0.235. The second kappa shape index (κ2) is 7.72. The van der Waals surface area contributed by atoms with Crippen LogP contribution in [-0.2, 0) is 6.61 Å². The molecule has 25 heavy (non-hydrogen) atoms. The van der Waals surface area contributed by atoms with Gasteiger partial charge in [-0.1, -0.05) is 48.3 Å². The van der Waals surface area contributed by atoms with E-state index in [2.05, 4.69) is 31.1 Å². The van der Waals surface area contributed by atoms with E-state index in [-0.39, 0.29) is 12.5 Å². The summed E-state index contributed by atoms with van der Waals surface area (Å²) in [6.07, 6.45) is 3.10. The molecule has 0 aliphatic heterocycles. The molecule has 0 bridgehead atoms. The van der Waals surface area contributed by atoms with Crippen molar-refractivity contribution in [3.63, 3.8) is 0 Å². The molecule has 2 aromatic heterocycles. The first-order valence-electron chi connectivity index (χ1n) is 7.50. The van der Waals surface area contributed by atoms with E-state index in [1.165, 1.54) is 6.20 Å². The number of ether oxygens (including phenoxy) is 1. The van der Waals surface area contributed by atoms with Crippen LogP contribution >= 0.6 is 39.1 Å². The molecule has 0 saturated carbocycles. The van der Waals surface area contributed by atoms with Gasteiger partial charge < -0.3 is 9.26 Å². The third-order valence-corrected chi connectivity index (χ3v) is 4.54. The predicted octanol–water partition coefficient (Wildman–Crippen LogP) is 5.90. The topological polar surface area (TPSA) is 61.0 Å². The first kappa shape index (κ1) is 18.2. The molecule has 0 atom stereocenters. The molecule has 130 valence electrons. The fourth-order valence-electron chi connectivity index (χ4n) is 2.36. The maximum atomic E-state index is 6.32. The second-order valence-corrected chi connectivity index (χ2v) is 7.22. The van der Waals surface area contributed by atoms with Gasteiger partial charge in [0.1, 0.15) is 22.7 Å². The largest absolute Gasteiger partial charge is 0.471 e. The molecule has 0 radical (unpaired) electrons. The molecule has 0 amide bonds. The van der Waals surface area contributed by atoms with Crippen LogP contribution in [0.5, 0.6) is 5.88 Å². The van der Waals surface area contributed by atoms with Gasteiger partial charge in [-0.2, -0.15) is 0 Å². The lowest BCUT2D eigenvalue weighted by atomic mass is 10.0. The van der Waals surface area contributed by atoms with E-state index in [0.717, 1.165) is 11.3 Å². The van der Waals surface area contributed by atoms with Gasteiger partial charge >= 0.3 is 0 Å². The minimum Gasteiger partial charge on any atom is -0.471 e. The summed E-state index contributed by atoms with van der Waals surface area (Å²) in [5.41, 5.74) is 1.99. The molecule has 8 heteroatoms. The van der Waals surface area contributed by atoms with Crippen LogP contribution in [-0.4, -0.2) is 15.1 Å². The average molecular weight is 443 g/mol. The van der Waals surface area contributed by atoms with Crippen LogP contribution in [0.1, 0.15) is 31.1 Å². The molecule has 0 fully saturated rings. The summed E-state index contributed by atoms with van der Waals surface area (Å²) in [6.45, 7) is 4.24. The Bertz CT molecular complexity index is 862. The lowest BCUT2D eigenvalue weighted by Gasteiger charge is -2.10. The zero-order chi connectivity index (χ0) is 18.0. The summed E-state index contributed by atoms with van der Waals surface area (Å²) in [6, 6.07) is 5.31. The highest BCUT2D eigenvalue weighted by atomic mass is 79.9. The van der Waals surface area contributed by atoms with Gasteiger partial charge in [-0.3, -0.25) is 0 Å². The molecule has 0 unspecified atom stereocenters. The van der Waals surface area contributed by atoms with Crippen LogP contribution in [0.25, 0.3) is 11.3 Å². The van der Waals surface area contributed by atoms with E-state index in [1.54, 1.807) is 24.4 Å². The van der Waals surface area contributed by atoms with Crippen molar-refractivity contribution in [2.45, 2.75) is 26.4 Å². The van der Waals surface area contributed by atoms with E-state index in [9.17, 15) is 0 Å². The van der Waals surface area contributed by atoms with E-state index in [1.807, 2.05) is 13.8 Å². The van der Waals surface area contributed by atoms with Crippen molar-refractivity contribution in [2.75, 3.05) is 0 Å². The maximum absolute atomic E-state index is 6.32. The normalized spacial score (nSPS) is 11.1. The quantitative estimate of drug-likeness (QED) is 0.491. The number of hydrogen-bond donors (Lipinski definition) is 0. The number of benzene rings is 1. The molecule has 0 saturated heterocycles. The summed E-state index contributed by atoms with van der Waals surface area (Å²) in [7, 11) is 0. The Labute approximate surface area is 163 Å². The molecule has 5 nitrogen and oxygen atoms in total. The Morgan fingerprint density at radius 2 is 1.88 bits per heavy atom. The Hall–Kier alpha value is -1.63. The van der Waals surface area contributed by atoms with Crippen molar-refractivity contribution in [1.82, 2.24) is 15.1 Å². The second-order valence-electron chi connectivity index (χ2n) is 5.59.